The van der Waals surface area contributed by atoms with Gasteiger partial charge in [0.05, 0.1) is 6.61 Å². The first-order valence-corrected chi connectivity index (χ1v) is 12.0. The van der Waals surface area contributed by atoms with Crippen molar-refractivity contribution in [1.82, 2.24) is 0 Å². The Morgan fingerprint density at radius 1 is 0.788 bits per heavy atom. The Balaban J connectivity index is 1.46. The van der Waals surface area contributed by atoms with Gasteiger partial charge in [-0.15, -0.1) is 0 Å². The summed E-state index contributed by atoms with van der Waals surface area (Å²) in [7, 11) is 0. The van der Waals surface area contributed by atoms with E-state index in [9.17, 15) is 4.39 Å². The van der Waals surface area contributed by atoms with Crippen molar-refractivity contribution >= 4 is 0 Å². The van der Waals surface area contributed by atoms with E-state index in [0.29, 0.717) is 23.3 Å². The highest BCUT2D eigenvalue weighted by molar-refractivity contribution is 5.65. The predicted octanol–water partition coefficient (Wildman–Crippen LogP) is 8.56. The second-order valence-electron chi connectivity index (χ2n) is 8.95. The van der Waals surface area contributed by atoms with Gasteiger partial charge in [0.15, 0.2) is 23.2 Å². The molecule has 1 saturated carbocycles. The number of hydrogen-bond acceptors (Lipinski definition) is 1. The zero-order valence-corrected chi connectivity index (χ0v) is 19.3. The van der Waals surface area contributed by atoms with E-state index in [0.717, 1.165) is 44.1 Å². The van der Waals surface area contributed by atoms with Gasteiger partial charge < -0.3 is 4.74 Å². The molecule has 174 valence electrons. The second kappa shape index (κ2) is 10.5. The Morgan fingerprint density at radius 3 is 2.12 bits per heavy atom. The van der Waals surface area contributed by atoms with Gasteiger partial charge >= 0.3 is 0 Å². The lowest BCUT2D eigenvalue weighted by Gasteiger charge is -2.29. The van der Waals surface area contributed by atoms with Crippen LogP contribution in [0.3, 0.4) is 0 Å². The summed E-state index contributed by atoms with van der Waals surface area (Å²) in [5.41, 5.74) is 3.60. The minimum absolute atomic E-state index is 0.0238. The summed E-state index contributed by atoms with van der Waals surface area (Å²) < 4.78 is 49.6. The summed E-state index contributed by atoms with van der Waals surface area (Å²) in [6, 6.07) is 16.3. The number of halogens is 3. The van der Waals surface area contributed by atoms with Crippen LogP contribution in [0.1, 0.15) is 74.5 Å². The predicted molar refractivity (Wildman–Crippen MR) is 127 cm³/mol. The Labute approximate surface area is 194 Å². The van der Waals surface area contributed by atoms with Crippen molar-refractivity contribution in [1.29, 1.82) is 0 Å². The van der Waals surface area contributed by atoms with Crippen LogP contribution in [0.25, 0.3) is 11.1 Å². The molecule has 4 heteroatoms. The van der Waals surface area contributed by atoms with Gasteiger partial charge in [0.2, 0.25) is 0 Å². The molecular weight excluding hydrogens is 421 g/mol. The minimum atomic E-state index is -0.772. The van der Waals surface area contributed by atoms with Gasteiger partial charge in [0.25, 0.3) is 0 Å². The van der Waals surface area contributed by atoms with Crippen molar-refractivity contribution in [3.8, 4) is 16.9 Å². The van der Waals surface area contributed by atoms with Crippen molar-refractivity contribution in [3.05, 3.63) is 88.7 Å². The largest absolute Gasteiger partial charge is 0.491 e. The van der Waals surface area contributed by atoms with Gasteiger partial charge in [-0.05, 0) is 85.3 Å². The molecule has 0 spiro atoms. The van der Waals surface area contributed by atoms with Gasteiger partial charge in [-0.25, -0.2) is 13.2 Å². The summed E-state index contributed by atoms with van der Waals surface area (Å²) in [6.07, 6.45) is 5.16. The Kier molecular flexibility index (Phi) is 7.42. The number of hydrogen-bond donors (Lipinski definition) is 0. The third-order valence-electron chi connectivity index (χ3n) is 6.81. The highest BCUT2D eigenvalue weighted by Gasteiger charge is 2.27. The van der Waals surface area contributed by atoms with Crippen molar-refractivity contribution in [3.63, 3.8) is 0 Å². The van der Waals surface area contributed by atoms with Crippen LogP contribution in [-0.2, 0) is 6.42 Å². The Hall–Kier alpha value is -2.75. The molecule has 0 atom stereocenters. The molecule has 4 rings (SSSR count). The molecule has 0 amide bonds. The Bertz CT molecular complexity index is 1080. The third kappa shape index (κ3) is 5.10. The molecule has 1 fully saturated rings. The fourth-order valence-electron chi connectivity index (χ4n) is 5.02. The van der Waals surface area contributed by atoms with Gasteiger partial charge in [0.1, 0.15) is 0 Å². The molecule has 0 bridgehead atoms. The minimum Gasteiger partial charge on any atom is -0.491 e. The molecule has 0 radical (unpaired) electrons. The monoisotopic (exact) mass is 452 g/mol. The van der Waals surface area contributed by atoms with Crippen LogP contribution in [0.5, 0.6) is 5.75 Å². The first-order valence-electron chi connectivity index (χ1n) is 12.0. The van der Waals surface area contributed by atoms with E-state index in [1.807, 2.05) is 37.3 Å². The number of ether oxygens (including phenoxy) is 1. The smallest absolute Gasteiger partial charge is 0.166 e. The molecule has 0 saturated heterocycles. The van der Waals surface area contributed by atoms with E-state index in [-0.39, 0.29) is 23.4 Å². The SMILES string of the molecule is CCCc1ccc(-c2ccc(C3CCC(c4ccc(OCC)c(F)c4)CC3)c(F)c2F)cc1. The second-order valence-corrected chi connectivity index (χ2v) is 8.95. The average molecular weight is 453 g/mol. The van der Waals surface area contributed by atoms with E-state index in [2.05, 4.69) is 6.92 Å². The lowest BCUT2D eigenvalue weighted by atomic mass is 9.76. The standard InChI is InChI=1S/C29H31F3O/c1-3-5-19-6-8-21(9-7-19)24-15-16-25(29(32)28(24)31)22-12-10-20(11-13-22)23-14-17-27(33-4-2)26(30)18-23/h6-9,14-18,20,22H,3-5,10-13H2,1-2H3. The molecule has 0 N–H and O–H groups in total. The van der Waals surface area contributed by atoms with E-state index < -0.39 is 11.6 Å². The summed E-state index contributed by atoms with van der Waals surface area (Å²) in [5, 5.41) is 0. The van der Waals surface area contributed by atoms with Gasteiger partial charge in [0, 0.05) is 5.56 Å². The quantitative estimate of drug-likeness (QED) is 0.349. The molecule has 1 nitrogen and oxygen atoms in total. The molecule has 0 unspecified atom stereocenters. The first-order chi connectivity index (χ1) is 16.0. The lowest BCUT2D eigenvalue weighted by molar-refractivity contribution is 0.320. The summed E-state index contributed by atoms with van der Waals surface area (Å²) in [6.45, 7) is 4.37. The van der Waals surface area contributed by atoms with E-state index in [4.69, 9.17) is 4.74 Å². The number of benzene rings is 3. The van der Waals surface area contributed by atoms with Crippen LogP contribution in [0.4, 0.5) is 13.2 Å². The normalized spacial score (nSPS) is 18.3. The average Bonchev–Trinajstić information content (AvgIpc) is 2.83. The lowest BCUT2D eigenvalue weighted by Crippen LogP contribution is -2.14. The molecular formula is C29H31F3O. The molecule has 1 aliphatic carbocycles. The number of aryl methyl sites for hydroxylation is 1. The van der Waals surface area contributed by atoms with Crippen molar-refractivity contribution < 1.29 is 17.9 Å². The molecule has 0 heterocycles. The zero-order chi connectivity index (χ0) is 23.4. The fourth-order valence-corrected chi connectivity index (χ4v) is 5.02. The van der Waals surface area contributed by atoms with Gasteiger partial charge in [-0.3, -0.25) is 0 Å². The number of rotatable bonds is 7. The highest BCUT2D eigenvalue weighted by Crippen LogP contribution is 2.42. The van der Waals surface area contributed by atoms with E-state index in [1.54, 1.807) is 24.3 Å². The van der Waals surface area contributed by atoms with Crippen LogP contribution in [0, 0.1) is 17.5 Å². The molecule has 0 aromatic heterocycles. The van der Waals surface area contributed by atoms with Crippen LogP contribution >= 0.6 is 0 Å². The maximum atomic E-state index is 15.1. The van der Waals surface area contributed by atoms with Crippen LogP contribution in [0.2, 0.25) is 0 Å². The molecule has 33 heavy (non-hydrogen) atoms. The van der Waals surface area contributed by atoms with Crippen LogP contribution in [0.15, 0.2) is 54.6 Å². The van der Waals surface area contributed by atoms with E-state index >= 15 is 8.78 Å². The fraction of sp³-hybridized carbons (Fsp3) is 0.379. The third-order valence-corrected chi connectivity index (χ3v) is 6.81. The topological polar surface area (TPSA) is 9.23 Å². The maximum Gasteiger partial charge on any atom is 0.166 e. The summed E-state index contributed by atoms with van der Waals surface area (Å²) >= 11 is 0. The molecule has 3 aromatic carbocycles. The van der Waals surface area contributed by atoms with Gasteiger partial charge in [-0.2, -0.15) is 0 Å². The first kappa shape index (κ1) is 23.4. The highest BCUT2D eigenvalue weighted by atomic mass is 19.2. The maximum absolute atomic E-state index is 15.1. The summed E-state index contributed by atoms with van der Waals surface area (Å²) in [5.74, 6) is -1.38. The van der Waals surface area contributed by atoms with Crippen molar-refractivity contribution in [2.75, 3.05) is 6.61 Å². The molecule has 1 aliphatic rings. The van der Waals surface area contributed by atoms with Gasteiger partial charge in [-0.1, -0.05) is 55.8 Å². The van der Waals surface area contributed by atoms with Crippen molar-refractivity contribution in [2.24, 2.45) is 0 Å². The molecule has 0 aliphatic heterocycles. The zero-order valence-electron chi connectivity index (χ0n) is 19.3. The van der Waals surface area contributed by atoms with Crippen LogP contribution in [-0.4, -0.2) is 6.61 Å². The Morgan fingerprint density at radius 2 is 1.48 bits per heavy atom. The molecule has 3 aromatic rings. The van der Waals surface area contributed by atoms with E-state index in [1.165, 1.54) is 5.56 Å². The van der Waals surface area contributed by atoms with Crippen LogP contribution < -0.4 is 4.74 Å². The van der Waals surface area contributed by atoms with Crippen molar-refractivity contribution in [2.45, 2.75) is 64.2 Å². The summed E-state index contributed by atoms with van der Waals surface area (Å²) in [4.78, 5) is 0.